The van der Waals surface area contributed by atoms with Crippen molar-refractivity contribution in [2.75, 3.05) is 13.2 Å². The maximum Gasteiger partial charge on any atom is 0.276 e. The largest absolute Gasteiger partial charge is 0.492 e. The smallest absolute Gasteiger partial charge is 0.276 e. The molecule has 7 nitrogen and oxygen atoms in total. The second kappa shape index (κ2) is 11.5. The number of nitrogens with one attached hydrogen (secondary N) is 3. The first-order valence-corrected chi connectivity index (χ1v) is 10.5. The lowest BCUT2D eigenvalue weighted by molar-refractivity contribution is -0.123. The summed E-state index contributed by atoms with van der Waals surface area (Å²) in [6.07, 6.45) is 0. The summed E-state index contributed by atoms with van der Waals surface area (Å²) in [5.74, 6) is 0.770. The molecule has 2 rings (SSSR count). The van der Waals surface area contributed by atoms with Gasteiger partial charge < -0.3 is 9.47 Å². The molecule has 0 aliphatic heterocycles. The molecule has 2 aromatic carbocycles. The molecule has 0 aliphatic rings. The third-order valence-electron chi connectivity index (χ3n) is 3.67. The minimum absolute atomic E-state index is 0.0415. The number of carbonyl (C=O) groups is 2. The molecule has 3 N–H and O–H groups in total. The predicted octanol–water partition coefficient (Wildman–Crippen LogP) is 3.51. The van der Waals surface area contributed by atoms with Crippen LogP contribution in [0.2, 0.25) is 0 Å². The van der Waals surface area contributed by atoms with Gasteiger partial charge in [-0.3, -0.25) is 25.8 Å². The highest BCUT2D eigenvalue weighted by Crippen LogP contribution is 2.26. The first-order valence-electron chi connectivity index (χ1n) is 9.26. The molecule has 9 heteroatoms. The maximum absolute atomic E-state index is 12.3. The first kappa shape index (κ1) is 23.6. The average Bonchev–Trinajstić information content (AvgIpc) is 2.69. The minimum Gasteiger partial charge on any atom is -0.492 e. The van der Waals surface area contributed by atoms with E-state index in [1.165, 1.54) is 0 Å². The van der Waals surface area contributed by atoms with Crippen LogP contribution in [0.5, 0.6) is 11.5 Å². The number of benzene rings is 2. The van der Waals surface area contributed by atoms with Gasteiger partial charge in [0.15, 0.2) is 11.7 Å². The van der Waals surface area contributed by atoms with Crippen molar-refractivity contribution < 1.29 is 19.1 Å². The summed E-state index contributed by atoms with van der Waals surface area (Å²) in [4.78, 5) is 24.2. The third kappa shape index (κ3) is 8.00. The van der Waals surface area contributed by atoms with Crippen LogP contribution in [-0.4, -0.2) is 30.1 Å². The van der Waals surface area contributed by atoms with Crippen LogP contribution < -0.4 is 25.6 Å². The number of hydrogen-bond acceptors (Lipinski definition) is 5. The lowest BCUT2D eigenvalue weighted by atomic mass is 10.2. The Morgan fingerprint density at radius 1 is 1.10 bits per heavy atom. The van der Waals surface area contributed by atoms with Gasteiger partial charge in [-0.15, -0.1) is 0 Å². The lowest BCUT2D eigenvalue weighted by Crippen LogP contribution is -2.49. The molecule has 0 atom stereocenters. The van der Waals surface area contributed by atoms with Crippen LogP contribution in [0.1, 0.15) is 29.8 Å². The predicted molar refractivity (Wildman–Crippen MR) is 122 cm³/mol. The van der Waals surface area contributed by atoms with Gasteiger partial charge >= 0.3 is 0 Å². The number of ether oxygens (including phenoxy) is 2. The average molecular weight is 494 g/mol. The zero-order chi connectivity index (χ0) is 22.1. The Kier molecular flexibility index (Phi) is 9.07. The maximum atomic E-state index is 12.3. The Morgan fingerprint density at radius 2 is 1.87 bits per heavy atom. The summed E-state index contributed by atoms with van der Waals surface area (Å²) in [6.45, 7) is 6.41. The minimum atomic E-state index is -0.442. The van der Waals surface area contributed by atoms with Gasteiger partial charge in [0.25, 0.3) is 11.8 Å². The molecule has 0 aromatic heterocycles. The fourth-order valence-electron chi connectivity index (χ4n) is 2.24. The van der Waals surface area contributed by atoms with Crippen LogP contribution in [0.25, 0.3) is 0 Å². The second-order valence-electron chi connectivity index (χ2n) is 6.91. The standard InChI is InChI=1S/C21H24BrN3O4S/c1-13(2)11-29-18-8-7-15(10-17(18)22)20(27)23-21(30)25-24-19(26)12-28-16-6-4-5-14(3)9-16/h4-10,13H,11-12H2,1-3H3,(H,24,26)(H2,23,25,27,30). The Labute approximate surface area is 189 Å². The topological polar surface area (TPSA) is 88.7 Å². The van der Waals surface area contributed by atoms with Crippen molar-refractivity contribution in [2.24, 2.45) is 5.92 Å². The van der Waals surface area contributed by atoms with Crippen molar-refractivity contribution in [3.05, 3.63) is 58.1 Å². The summed E-state index contributed by atoms with van der Waals surface area (Å²) < 4.78 is 11.7. The molecule has 0 aliphatic carbocycles. The molecular formula is C21H24BrN3O4S. The fourth-order valence-corrected chi connectivity index (χ4v) is 2.88. The van der Waals surface area contributed by atoms with E-state index in [-0.39, 0.29) is 11.7 Å². The molecule has 2 amide bonds. The Morgan fingerprint density at radius 3 is 2.53 bits per heavy atom. The van der Waals surface area contributed by atoms with Crippen molar-refractivity contribution in [2.45, 2.75) is 20.8 Å². The summed E-state index contributed by atoms with van der Waals surface area (Å²) in [5, 5.41) is 2.45. The van der Waals surface area contributed by atoms with Crippen molar-refractivity contribution in [3.8, 4) is 11.5 Å². The molecular weight excluding hydrogens is 470 g/mol. The van der Waals surface area contributed by atoms with Gasteiger partial charge in [0.2, 0.25) is 0 Å². The summed E-state index contributed by atoms with van der Waals surface area (Å²) >= 11 is 8.44. The van der Waals surface area contributed by atoms with Crippen LogP contribution in [0.4, 0.5) is 0 Å². The fraction of sp³-hybridized carbons (Fsp3) is 0.286. The SMILES string of the molecule is Cc1cccc(OCC(=O)NNC(=S)NC(=O)c2ccc(OCC(C)C)c(Br)c2)c1. The zero-order valence-corrected chi connectivity index (χ0v) is 19.4. The van der Waals surface area contributed by atoms with Gasteiger partial charge in [-0.05, 0) is 76.9 Å². The van der Waals surface area contributed by atoms with E-state index in [4.69, 9.17) is 21.7 Å². The summed E-state index contributed by atoms with van der Waals surface area (Å²) in [7, 11) is 0. The van der Waals surface area contributed by atoms with E-state index in [0.29, 0.717) is 34.1 Å². The molecule has 0 bridgehead atoms. The van der Waals surface area contributed by atoms with Gasteiger partial charge in [-0.1, -0.05) is 26.0 Å². The molecule has 2 aromatic rings. The summed E-state index contributed by atoms with van der Waals surface area (Å²) in [6, 6.07) is 12.3. The van der Waals surface area contributed by atoms with E-state index in [1.807, 2.05) is 25.1 Å². The Bertz CT molecular complexity index is 921. The monoisotopic (exact) mass is 493 g/mol. The van der Waals surface area contributed by atoms with Crippen LogP contribution in [0.15, 0.2) is 46.9 Å². The number of carbonyl (C=O) groups excluding carboxylic acids is 2. The Hall–Kier alpha value is -2.65. The molecule has 0 fully saturated rings. The van der Waals surface area contributed by atoms with E-state index in [0.717, 1.165) is 5.56 Å². The van der Waals surface area contributed by atoms with Crippen molar-refractivity contribution in [1.29, 1.82) is 0 Å². The van der Waals surface area contributed by atoms with Gasteiger partial charge in [-0.25, -0.2) is 0 Å². The molecule has 0 radical (unpaired) electrons. The molecule has 160 valence electrons. The number of hydrazine groups is 1. The second-order valence-corrected chi connectivity index (χ2v) is 8.17. The zero-order valence-electron chi connectivity index (χ0n) is 17.0. The van der Waals surface area contributed by atoms with Crippen LogP contribution >= 0.6 is 28.1 Å². The van der Waals surface area contributed by atoms with Gasteiger partial charge in [0.1, 0.15) is 11.5 Å². The lowest BCUT2D eigenvalue weighted by Gasteiger charge is -2.13. The number of thiocarbonyl (C=S) groups is 1. The molecule has 0 saturated heterocycles. The molecule has 0 unspecified atom stereocenters. The van der Waals surface area contributed by atoms with Crippen molar-refractivity contribution >= 4 is 45.1 Å². The highest BCUT2D eigenvalue weighted by Gasteiger charge is 2.12. The van der Waals surface area contributed by atoms with Gasteiger partial charge in [0, 0.05) is 5.56 Å². The molecule has 0 spiro atoms. The highest BCUT2D eigenvalue weighted by molar-refractivity contribution is 9.10. The summed E-state index contributed by atoms with van der Waals surface area (Å²) in [5.41, 5.74) is 6.26. The van der Waals surface area contributed by atoms with Crippen LogP contribution in [0.3, 0.4) is 0 Å². The molecule has 0 saturated carbocycles. The van der Waals surface area contributed by atoms with E-state index in [2.05, 4.69) is 45.9 Å². The quantitative estimate of drug-likeness (QED) is 0.404. The van der Waals surface area contributed by atoms with E-state index < -0.39 is 11.8 Å². The van der Waals surface area contributed by atoms with Crippen molar-refractivity contribution in [3.63, 3.8) is 0 Å². The highest BCUT2D eigenvalue weighted by atomic mass is 79.9. The first-order chi connectivity index (χ1) is 14.2. The number of hydrogen-bond donors (Lipinski definition) is 3. The molecule has 30 heavy (non-hydrogen) atoms. The van der Waals surface area contributed by atoms with Crippen molar-refractivity contribution in [1.82, 2.24) is 16.2 Å². The van der Waals surface area contributed by atoms with E-state index in [9.17, 15) is 9.59 Å². The van der Waals surface area contributed by atoms with Gasteiger partial charge in [-0.2, -0.15) is 0 Å². The number of rotatable bonds is 7. The van der Waals surface area contributed by atoms with Crippen LogP contribution in [-0.2, 0) is 4.79 Å². The van der Waals surface area contributed by atoms with E-state index in [1.54, 1.807) is 24.3 Å². The number of amides is 2. The Balaban J connectivity index is 1.77. The molecule has 0 heterocycles. The van der Waals surface area contributed by atoms with Crippen LogP contribution in [0, 0.1) is 12.8 Å². The normalized spacial score (nSPS) is 10.3. The number of aryl methyl sites for hydroxylation is 1. The van der Waals surface area contributed by atoms with Gasteiger partial charge in [0.05, 0.1) is 11.1 Å². The van der Waals surface area contributed by atoms with E-state index >= 15 is 0 Å². The number of halogens is 1. The third-order valence-corrected chi connectivity index (χ3v) is 4.49.